The van der Waals surface area contributed by atoms with E-state index in [1.54, 1.807) is 19.1 Å². The minimum absolute atomic E-state index is 0.00711. The molecule has 0 unspecified atom stereocenters. The smallest absolute Gasteiger partial charge is 0.338 e. The van der Waals surface area contributed by atoms with Crippen molar-refractivity contribution in [2.75, 3.05) is 6.61 Å². The first-order valence-corrected chi connectivity index (χ1v) is 9.68. The molecule has 7 heteroatoms. The van der Waals surface area contributed by atoms with Crippen LogP contribution in [-0.4, -0.2) is 27.0 Å². The first kappa shape index (κ1) is 19.4. The summed E-state index contributed by atoms with van der Waals surface area (Å²) < 4.78 is 30.4. The van der Waals surface area contributed by atoms with Crippen LogP contribution in [0.2, 0.25) is 5.02 Å². The van der Waals surface area contributed by atoms with Crippen LogP contribution in [0.5, 0.6) is 0 Å². The maximum atomic E-state index is 12.8. The largest absolute Gasteiger partial charge is 0.462 e. The van der Waals surface area contributed by atoms with Crippen LogP contribution in [0.25, 0.3) is 0 Å². The van der Waals surface area contributed by atoms with Crippen LogP contribution in [0, 0.1) is 0 Å². The van der Waals surface area contributed by atoms with Crippen molar-refractivity contribution >= 4 is 27.4 Å². The molecule has 0 heterocycles. The van der Waals surface area contributed by atoms with Crippen molar-refractivity contribution in [2.24, 2.45) is 5.73 Å². The molecule has 0 aliphatic rings. The normalized spacial score (nSPS) is 12.6. The number of sulfone groups is 1. The molecule has 0 bridgehead atoms. The van der Waals surface area contributed by atoms with E-state index in [0.29, 0.717) is 6.42 Å². The fourth-order valence-corrected chi connectivity index (χ4v) is 4.16. The van der Waals surface area contributed by atoms with Crippen molar-refractivity contribution in [2.45, 2.75) is 36.1 Å². The molecule has 0 saturated carbocycles. The Bertz CT molecular complexity index is 861. The van der Waals surface area contributed by atoms with Crippen LogP contribution in [-0.2, 0) is 21.0 Å². The lowest BCUT2D eigenvalue weighted by molar-refractivity contribution is 0.0526. The van der Waals surface area contributed by atoms with Gasteiger partial charge in [0, 0.05) is 6.04 Å². The van der Waals surface area contributed by atoms with Gasteiger partial charge in [0.15, 0.2) is 0 Å². The minimum atomic E-state index is -3.78. The Balaban J connectivity index is 2.34. The molecule has 0 radical (unpaired) electrons. The molecule has 0 fully saturated rings. The van der Waals surface area contributed by atoms with Gasteiger partial charge in [0.05, 0.1) is 27.0 Å². The summed E-state index contributed by atoms with van der Waals surface area (Å²) in [5, 5.41) is -0.0230. The molecule has 0 aromatic heterocycles. The number of hydrogen-bond acceptors (Lipinski definition) is 5. The molecule has 2 aromatic carbocycles. The minimum Gasteiger partial charge on any atom is -0.462 e. The molecule has 0 saturated heterocycles. The van der Waals surface area contributed by atoms with Gasteiger partial charge in [-0.3, -0.25) is 0 Å². The zero-order valence-corrected chi connectivity index (χ0v) is 15.6. The maximum Gasteiger partial charge on any atom is 0.338 e. The summed E-state index contributed by atoms with van der Waals surface area (Å²) in [4.78, 5) is 11.8. The van der Waals surface area contributed by atoms with Crippen LogP contribution in [0.3, 0.4) is 0 Å². The van der Waals surface area contributed by atoms with Gasteiger partial charge in [0.1, 0.15) is 0 Å². The Morgan fingerprint density at radius 2 is 1.84 bits per heavy atom. The molecule has 0 aliphatic heterocycles. The van der Waals surface area contributed by atoms with E-state index >= 15 is 0 Å². The molecular formula is C18H20ClNO4S. The van der Waals surface area contributed by atoms with Gasteiger partial charge < -0.3 is 10.5 Å². The van der Waals surface area contributed by atoms with Crippen molar-refractivity contribution < 1.29 is 17.9 Å². The number of benzene rings is 2. The Morgan fingerprint density at radius 1 is 1.20 bits per heavy atom. The molecule has 1 atom stereocenters. The summed E-state index contributed by atoms with van der Waals surface area (Å²) in [7, 11) is -3.78. The van der Waals surface area contributed by atoms with E-state index < -0.39 is 15.8 Å². The second-order valence-electron chi connectivity index (χ2n) is 5.69. The van der Waals surface area contributed by atoms with Crippen LogP contribution >= 0.6 is 11.6 Å². The molecule has 2 N–H and O–H groups in total. The molecule has 2 aromatic rings. The second-order valence-corrected chi connectivity index (χ2v) is 8.02. The third-order valence-corrected chi connectivity index (χ3v) is 5.78. The zero-order valence-electron chi connectivity index (χ0n) is 14.0. The molecule has 0 amide bonds. The van der Waals surface area contributed by atoms with Crippen molar-refractivity contribution in [3.05, 3.63) is 58.6 Å². The summed E-state index contributed by atoms with van der Waals surface area (Å²) in [6, 6.07) is 10.5. The number of rotatable bonds is 6. The number of carbonyl (C=O) groups excluding carboxylic acids is 1. The third kappa shape index (κ3) is 4.60. The molecule has 2 rings (SSSR count). The van der Waals surface area contributed by atoms with Crippen LogP contribution in [0.15, 0.2) is 52.3 Å². The Labute approximate surface area is 152 Å². The number of halogens is 1. The Morgan fingerprint density at radius 3 is 2.36 bits per heavy atom. The lowest BCUT2D eigenvalue weighted by Crippen LogP contribution is -2.17. The van der Waals surface area contributed by atoms with Crippen molar-refractivity contribution in [1.82, 2.24) is 0 Å². The van der Waals surface area contributed by atoms with Gasteiger partial charge in [0.25, 0.3) is 0 Å². The van der Waals surface area contributed by atoms with Gasteiger partial charge in [-0.15, -0.1) is 0 Å². The van der Waals surface area contributed by atoms with E-state index in [2.05, 4.69) is 0 Å². The maximum absolute atomic E-state index is 12.8. The van der Waals surface area contributed by atoms with Gasteiger partial charge in [-0.25, -0.2) is 13.2 Å². The highest BCUT2D eigenvalue weighted by molar-refractivity contribution is 7.91. The summed E-state index contributed by atoms with van der Waals surface area (Å²) in [6.07, 6.45) is 0.662. The number of ether oxygens (including phenoxy) is 1. The highest BCUT2D eigenvalue weighted by Gasteiger charge is 2.22. The predicted molar refractivity (Wildman–Crippen MR) is 96.7 cm³/mol. The van der Waals surface area contributed by atoms with E-state index in [1.807, 2.05) is 6.92 Å². The molecular weight excluding hydrogens is 362 g/mol. The summed E-state index contributed by atoms with van der Waals surface area (Å²) in [5.74, 6) is -0.548. The fraction of sp³-hybridized carbons (Fsp3) is 0.278. The Kier molecular flexibility index (Phi) is 6.21. The van der Waals surface area contributed by atoms with E-state index in [9.17, 15) is 13.2 Å². The lowest BCUT2D eigenvalue weighted by atomic mass is 10.1. The second kappa shape index (κ2) is 7.99. The van der Waals surface area contributed by atoms with E-state index in [0.717, 1.165) is 5.56 Å². The molecule has 0 aliphatic carbocycles. The highest BCUT2D eigenvalue weighted by atomic mass is 35.5. The lowest BCUT2D eigenvalue weighted by Gasteiger charge is -2.10. The number of hydrogen-bond donors (Lipinski definition) is 1. The average molecular weight is 382 g/mol. The van der Waals surface area contributed by atoms with Crippen molar-refractivity contribution in [3.8, 4) is 0 Å². The predicted octanol–water partition coefficient (Wildman–Crippen LogP) is 3.24. The standard InChI is InChI=1S/C18H20ClNO4S/c1-3-24-18(21)14-6-9-17(16(19)11-14)25(22,23)15-7-4-13(5-8-15)10-12(2)20/h4-9,11-12H,3,10,20H2,1-2H3/t12-/m1/s1. The first-order valence-electron chi connectivity index (χ1n) is 7.82. The summed E-state index contributed by atoms with van der Waals surface area (Å²) in [6.45, 7) is 3.80. The van der Waals surface area contributed by atoms with E-state index in [-0.39, 0.29) is 33.0 Å². The number of carbonyl (C=O) groups is 1. The van der Waals surface area contributed by atoms with Gasteiger partial charge in [-0.1, -0.05) is 23.7 Å². The zero-order chi connectivity index (χ0) is 18.6. The third-order valence-electron chi connectivity index (χ3n) is 3.52. The average Bonchev–Trinajstić information content (AvgIpc) is 2.54. The van der Waals surface area contributed by atoms with Crippen LogP contribution in [0.4, 0.5) is 0 Å². The van der Waals surface area contributed by atoms with Crippen LogP contribution < -0.4 is 5.73 Å². The van der Waals surface area contributed by atoms with Gasteiger partial charge in [-0.2, -0.15) is 0 Å². The van der Waals surface area contributed by atoms with Gasteiger partial charge in [0.2, 0.25) is 9.84 Å². The molecule has 5 nitrogen and oxygen atoms in total. The summed E-state index contributed by atoms with van der Waals surface area (Å²) >= 11 is 6.10. The van der Waals surface area contributed by atoms with Gasteiger partial charge >= 0.3 is 5.97 Å². The quantitative estimate of drug-likeness (QED) is 0.776. The highest BCUT2D eigenvalue weighted by Crippen LogP contribution is 2.29. The van der Waals surface area contributed by atoms with Crippen molar-refractivity contribution in [1.29, 1.82) is 0 Å². The number of nitrogens with two attached hydrogens (primary N) is 1. The van der Waals surface area contributed by atoms with E-state index in [1.165, 1.54) is 30.3 Å². The van der Waals surface area contributed by atoms with Crippen LogP contribution in [0.1, 0.15) is 29.8 Å². The topological polar surface area (TPSA) is 86.5 Å². The first-order chi connectivity index (χ1) is 11.8. The SMILES string of the molecule is CCOC(=O)c1ccc(S(=O)(=O)c2ccc(C[C@@H](C)N)cc2)c(Cl)c1. The van der Waals surface area contributed by atoms with E-state index in [4.69, 9.17) is 22.1 Å². The Hall–Kier alpha value is -1.89. The number of esters is 1. The van der Waals surface area contributed by atoms with Gasteiger partial charge in [-0.05, 0) is 56.2 Å². The van der Waals surface area contributed by atoms with Crippen molar-refractivity contribution in [3.63, 3.8) is 0 Å². The molecule has 25 heavy (non-hydrogen) atoms. The monoisotopic (exact) mass is 381 g/mol. The molecule has 134 valence electrons. The fourth-order valence-electron chi connectivity index (χ4n) is 2.36. The summed E-state index contributed by atoms with van der Waals surface area (Å²) in [5.41, 5.74) is 6.91. The molecule has 0 spiro atoms.